The third-order valence-electron chi connectivity index (χ3n) is 23.0. The van der Waals surface area contributed by atoms with Crippen LogP contribution in [0.25, 0.3) is 0 Å². The molecule has 3 heterocycles. The van der Waals surface area contributed by atoms with Crippen LogP contribution in [0, 0.1) is 0 Å². The average molecular weight is 1570 g/mol. The normalized spacial score (nSPS) is 25.6. The molecule has 23 nitrogen and oxygen atoms in total. The predicted molar refractivity (Wildman–Crippen MR) is 431 cm³/mol. The molecule has 3 fully saturated rings. The summed E-state index contributed by atoms with van der Waals surface area (Å²) in [5.41, 5.74) is 0. The van der Waals surface area contributed by atoms with Crippen LogP contribution in [0.2, 0.25) is 0 Å². The molecule has 3 saturated heterocycles. The Hall–Kier alpha value is -2.53. The van der Waals surface area contributed by atoms with Crippen LogP contribution >= 0.6 is 0 Å². The maximum absolute atomic E-state index is 13.6. The number of carboxylic acids is 1. The highest BCUT2D eigenvalue weighted by Gasteiger charge is 2.60. The molecule has 3 rings (SSSR count). The number of aliphatic carboxylic acids is 1. The van der Waals surface area contributed by atoms with Gasteiger partial charge in [-0.3, -0.25) is 9.59 Å². The van der Waals surface area contributed by atoms with Gasteiger partial charge in [-0.2, -0.15) is 0 Å². The van der Waals surface area contributed by atoms with Gasteiger partial charge >= 0.3 is 5.97 Å². The number of nitrogens with one attached hydrogen (secondary N) is 2. The summed E-state index contributed by atoms with van der Waals surface area (Å²) in [7, 11) is 0. The SMILES string of the molecule is CCCCCCCCCCCCCCCCC/C=C/C(O)C(COC1OC(CO)C(OC2OC(CO)C(O)C(OC3(C(=O)O)CC(O)C(NC(C)=O)C(C(O)C(O)CO)O3)C2O)C(O)C1O)NC(=O)CCCCCCCCCCCCCCCCCCCCCCCCCCCCCCCCCCCCCCCCC. The summed E-state index contributed by atoms with van der Waals surface area (Å²) in [4.78, 5) is 38.7. The summed E-state index contributed by atoms with van der Waals surface area (Å²) >= 11 is 0. The molecule has 3 aliphatic rings. The fraction of sp³-hybridized carbons (Fsp3) is 0.943. The zero-order valence-corrected chi connectivity index (χ0v) is 69.1. The number of carboxylic acid groups (broad SMARTS) is 1. The third kappa shape index (κ3) is 44.1. The molecule has 0 bridgehead atoms. The first-order chi connectivity index (χ1) is 53.4. The minimum absolute atomic E-state index is 0.206. The molecule has 0 saturated carbocycles. The van der Waals surface area contributed by atoms with Crippen molar-refractivity contribution in [2.24, 2.45) is 0 Å². The first-order valence-corrected chi connectivity index (χ1v) is 45.1. The van der Waals surface area contributed by atoms with E-state index in [1.165, 1.54) is 295 Å². The second-order valence-corrected chi connectivity index (χ2v) is 32.8. The van der Waals surface area contributed by atoms with E-state index in [2.05, 4.69) is 24.5 Å². The lowest BCUT2D eigenvalue weighted by Gasteiger charge is -2.50. The van der Waals surface area contributed by atoms with Crippen molar-refractivity contribution in [3.05, 3.63) is 12.2 Å². The number of hydrogen-bond acceptors (Lipinski definition) is 20. The van der Waals surface area contributed by atoms with Crippen molar-refractivity contribution in [2.45, 2.75) is 497 Å². The minimum atomic E-state index is -3.08. The summed E-state index contributed by atoms with van der Waals surface area (Å²) in [6.45, 7) is 2.20. The van der Waals surface area contributed by atoms with Crippen LogP contribution in [0.1, 0.15) is 387 Å². The smallest absolute Gasteiger partial charge is 0.364 e. The number of rotatable bonds is 73. The average Bonchev–Trinajstić information content (AvgIpc) is 0.750. The number of amides is 2. The fourth-order valence-electron chi connectivity index (χ4n) is 15.9. The molecule has 3 aliphatic heterocycles. The molecule has 2 amide bonds. The lowest BCUT2D eigenvalue weighted by atomic mass is 9.88. The van der Waals surface area contributed by atoms with Gasteiger partial charge in [0.25, 0.3) is 5.79 Å². The Labute approximate surface area is 664 Å². The Morgan fingerprint density at radius 3 is 1.21 bits per heavy atom. The molecule has 110 heavy (non-hydrogen) atoms. The molecule has 14 N–H and O–H groups in total. The molecule has 0 aliphatic carbocycles. The number of aliphatic hydroxyl groups excluding tert-OH is 11. The van der Waals surface area contributed by atoms with Gasteiger partial charge in [0.2, 0.25) is 11.8 Å². The largest absolute Gasteiger partial charge is 0.477 e. The molecule has 0 aromatic heterocycles. The van der Waals surface area contributed by atoms with Crippen LogP contribution in [0.3, 0.4) is 0 Å². The van der Waals surface area contributed by atoms with Crippen molar-refractivity contribution in [3.8, 4) is 0 Å². The lowest BCUT2D eigenvalue weighted by molar-refractivity contribution is -0.386. The Kier molecular flexibility index (Phi) is 60.5. The molecule has 0 spiro atoms. The summed E-state index contributed by atoms with van der Waals surface area (Å²) in [6, 6.07) is -2.62. The molecular formula is C87H164N2O21. The number of carbonyl (C=O) groups excluding carboxylic acids is 2. The zero-order valence-electron chi connectivity index (χ0n) is 69.1. The van der Waals surface area contributed by atoms with Crippen LogP contribution in [0.5, 0.6) is 0 Å². The van der Waals surface area contributed by atoms with E-state index in [1.54, 1.807) is 6.08 Å². The summed E-state index contributed by atoms with van der Waals surface area (Å²) < 4.78 is 34.9. The van der Waals surface area contributed by atoms with Gasteiger partial charge in [0.15, 0.2) is 12.6 Å². The summed E-state index contributed by atoms with van der Waals surface area (Å²) in [5.74, 6) is -6.13. The minimum Gasteiger partial charge on any atom is -0.477 e. The zero-order chi connectivity index (χ0) is 80.3. The van der Waals surface area contributed by atoms with Crippen LogP contribution in [0.4, 0.5) is 0 Å². The number of ether oxygens (including phenoxy) is 6. The standard InChI is InChI=1S/C87H164N2O21/c1-4-6-8-10-12-14-16-18-20-22-23-24-25-26-27-28-29-30-31-32-33-34-35-36-37-38-39-40-41-42-43-45-47-49-51-53-55-57-59-61-74(97)89-68(69(94)60-58-56-54-52-50-48-46-44-21-19-17-15-13-11-9-7-5-2)66-105-84-79(101)78(100)81(73(65-92)107-84)108-85-80(102)83(77(99)72(64-91)106-85)110-87(86(103)104)62-70(95)75(88-67(3)93)82(109-87)76(98)71(96)63-90/h58,60,68-73,75-85,90-92,94-96,98-102H,4-57,59,61-66H2,1-3H3,(H,88,93)(H,89,97)(H,103,104)/b60-58+. The molecule has 18 atom stereocenters. The number of hydrogen-bond donors (Lipinski definition) is 14. The van der Waals surface area contributed by atoms with Crippen molar-refractivity contribution in [2.75, 3.05) is 26.4 Å². The maximum atomic E-state index is 13.6. The van der Waals surface area contributed by atoms with Gasteiger partial charge in [0, 0.05) is 19.8 Å². The van der Waals surface area contributed by atoms with Gasteiger partial charge in [-0.05, 0) is 19.3 Å². The summed E-state index contributed by atoms with van der Waals surface area (Å²) in [5, 5.41) is 137. The van der Waals surface area contributed by atoms with Crippen LogP contribution in [0.15, 0.2) is 12.2 Å². The van der Waals surface area contributed by atoms with Gasteiger partial charge in [0.05, 0.1) is 50.7 Å². The monoisotopic (exact) mass is 1570 g/mol. The second-order valence-electron chi connectivity index (χ2n) is 32.8. The van der Waals surface area contributed by atoms with Crippen LogP contribution in [-0.4, -0.2) is 215 Å². The van der Waals surface area contributed by atoms with E-state index in [1.807, 2.05) is 6.08 Å². The van der Waals surface area contributed by atoms with E-state index in [9.17, 15) is 75.7 Å². The lowest BCUT2D eigenvalue weighted by Crippen LogP contribution is -2.70. The Balaban J connectivity index is 1.39. The molecule has 0 aromatic rings. The van der Waals surface area contributed by atoms with Crippen molar-refractivity contribution in [1.82, 2.24) is 10.6 Å². The topological polar surface area (TPSA) is 373 Å². The first kappa shape index (κ1) is 102. The number of aliphatic hydroxyl groups is 11. The van der Waals surface area contributed by atoms with Crippen molar-refractivity contribution in [1.29, 1.82) is 0 Å². The van der Waals surface area contributed by atoms with Crippen molar-refractivity contribution in [3.63, 3.8) is 0 Å². The third-order valence-corrected chi connectivity index (χ3v) is 23.0. The molecule has 0 aromatic carbocycles. The predicted octanol–water partition coefficient (Wildman–Crippen LogP) is 14.1. The highest BCUT2D eigenvalue weighted by atomic mass is 16.8. The Morgan fingerprint density at radius 2 is 0.845 bits per heavy atom. The molecule has 18 unspecified atom stereocenters. The second kappa shape index (κ2) is 65.5. The van der Waals surface area contributed by atoms with E-state index in [0.717, 1.165) is 51.9 Å². The molecular weight excluding hydrogens is 1410 g/mol. The van der Waals surface area contributed by atoms with E-state index >= 15 is 0 Å². The van der Waals surface area contributed by atoms with Gasteiger partial charge < -0.3 is 100 Å². The van der Waals surface area contributed by atoms with Crippen molar-refractivity contribution >= 4 is 17.8 Å². The van der Waals surface area contributed by atoms with Gasteiger partial charge in [-0.15, -0.1) is 0 Å². The van der Waals surface area contributed by atoms with E-state index in [-0.39, 0.29) is 12.3 Å². The molecule has 0 radical (unpaired) electrons. The number of unbranched alkanes of at least 4 members (excludes halogenated alkanes) is 53. The number of carbonyl (C=O) groups is 3. The Morgan fingerprint density at radius 1 is 0.473 bits per heavy atom. The van der Waals surface area contributed by atoms with E-state index < -0.39 is 155 Å². The molecule has 23 heteroatoms. The first-order valence-electron chi connectivity index (χ1n) is 45.1. The van der Waals surface area contributed by atoms with E-state index in [0.29, 0.717) is 12.8 Å². The van der Waals surface area contributed by atoms with Crippen LogP contribution in [-0.2, 0) is 42.8 Å². The van der Waals surface area contributed by atoms with Crippen molar-refractivity contribution < 1.29 is 104 Å². The van der Waals surface area contributed by atoms with E-state index in [4.69, 9.17) is 28.4 Å². The summed E-state index contributed by atoms with van der Waals surface area (Å²) in [6.07, 6.45) is 45.8. The van der Waals surface area contributed by atoms with Gasteiger partial charge in [0.1, 0.15) is 67.1 Å². The Bertz CT molecular complexity index is 2220. The highest BCUT2D eigenvalue weighted by Crippen LogP contribution is 2.39. The quantitative estimate of drug-likeness (QED) is 0.0199. The van der Waals surface area contributed by atoms with Crippen LogP contribution < -0.4 is 10.6 Å². The highest BCUT2D eigenvalue weighted by molar-refractivity contribution is 5.77. The maximum Gasteiger partial charge on any atom is 0.364 e. The van der Waals surface area contributed by atoms with Gasteiger partial charge in [-0.25, -0.2) is 4.79 Å². The number of allylic oxidation sites excluding steroid dienone is 1. The fourth-order valence-corrected chi connectivity index (χ4v) is 15.9. The molecule has 648 valence electrons. The van der Waals surface area contributed by atoms with Gasteiger partial charge in [-0.1, -0.05) is 360 Å².